The lowest BCUT2D eigenvalue weighted by atomic mass is 10.1. The van der Waals surface area contributed by atoms with E-state index in [9.17, 15) is 4.79 Å². The molecule has 1 amide bonds. The number of nitrogens with zero attached hydrogens (tertiary/aromatic N) is 5. The molecular formula is C16H21N5O3. The zero-order chi connectivity index (χ0) is 16.8. The lowest BCUT2D eigenvalue weighted by molar-refractivity contribution is 0.0650. The highest BCUT2D eigenvalue weighted by Crippen LogP contribution is 2.33. The van der Waals surface area contributed by atoms with Crippen LogP contribution >= 0.6 is 0 Å². The molecular weight excluding hydrogens is 310 g/mol. The summed E-state index contributed by atoms with van der Waals surface area (Å²) < 4.78 is 12.6. The summed E-state index contributed by atoms with van der Waals surface area (Å²) in [6.45, 7) is 4.83. The molecule has 2 bridgehead atoms. The fourth-order valence-electron chi connectivity index (χ4n) is 3.90. The number of hydrogen-bond donors (Lipinski definition) is 0. The lowest BCUT2D eigenvalue weighted by Gasteiger charge is -2.27. The zero-order valence-electron chi connectivity index (χ0n) is 14.2. The van der Waals surface area contributed by atoms with E-state index >= 15 is 0 Å². The van der Waals surface area contributed by atoms with Gasteiger partial charge in [0.2, 0.25) is 0 Å². The monoisotopic (exact) mass is 331 g/mol. The highest BCUT2D eigenvalue weighted by atomic mass is 16.5. The Balaban J connectivity index is 1.67. The number of rotatable bonds is 3. The van der Waals surface area contributed by atoms with Crippen LogP contribution in [0.2, 0.25) is 0 Å². The molecule has 8 heteroatoms. The van der Waals surface area contributed by atoms with Crippen molar-refractivity contribution in [3.63, 3.8) is 0 Å². The van der Waals surface area contributed by atoms with Crippen molar-refractivity contribution in [2.75, 3.05) is 7.11 Å². The third kappa shape index (κ3) is 2.24. The second-order valence-corrected chi connectivity index (χ2v) is 6.57. The van der Waals surface area contributed by atoms with Crippen molar-refractivity contribution in [3.8, 4) is 0 Å². The summed E-state index contributed by atoms with van der Waals surface area (Å²) >= 11 is 0. The molecule has 2 aromatic heterocycles. The smallest absolute Gasteiger partial charge is 0.277 e. The van der Waals surface area contributed by atoms with Crippen LogP contribution in [-0.4, -0.2) is 49.9 Å². The van der Waals surface area contributed by atoms with Crippen molar-refractivity contribution in [3.05, 3.63) is 28.7 Å². The number of carbonyl (C=O) groups is 1. The fourth-order valence-corrected chi connectivity index (χ4v) is 3.90. The molecule has 0 radical (unpaired) electrons. The molecule has 8 nitrogen and oxygen atoms in total. The van der Waals surface area contributed by atoms with Gasteiger partial charge in [0.05, 0.1) is 18.2 Å². The number of ether oxygens (including phenoxy) is 1. The van der Waals surface area contributed by atoms with Crippen molar-refractivity contribution in [2.45, 2.75) is 58.3 Å². The van der Waals surface area contributed by atoms with Crippen LogP contribution in [0.25, 0.3) is 0 Å². The third-order valence-electron chi connectivity index (χ3n) is 5.15. The fraction of sp³-hybridized carbons (Fsp3) is 0.625. The van der Waals surface area contributed by atoms with Gasteiger partial charge >= 0.3 is 0 Å². The topological polar surface area (TPSA) is 86.3 Å². The standard InChI is InChI=1S/C16H21N5O3/c1-9-13(8-23-3)15(19-24-9)16(22)21-11-4-5-12(21)7-20-10(2)17-18-14(20)6-11/h11-12H,4-8H2,1-3H3/t11-,12+/m0/s1. The molecule has 2 aromatic rings. The van der Waals surface area contributed by atoms with Gasteiger partial charge < -0.3 is 18.7 Å². The number of carbonyl (C=O) groups excluding carboxylic acids is 1. The highest BCUT2D eigenvalue weighted by molar-refractivity contribution is 5.94. The molecule has 1 fully saturated rings. The predicted molar refractivity (Wildman–Crippen MR) is 83.4 cm³/mol. The summed E-state index contributed by atoms with van der Waals surface area (Å²) in [6, 6.07) is 0.283. The van der Waals surface area contributed by atoms with Crippen LogP contribution in [0.15, 0.2) is 4.52 Å². The first kappa shape index (κ1) is 15.3. The van der Waals surface area contributed by atoms with Crippen molar-refractivity contribution >= 4 is 5.91 Å². The number of amides is 1. The Bertz CT molecular complexity index is 781. The zero-order valence-corrected chi connectivity index (χ0v) is 14.2. The summed E-state index contributed by atoms with van der Waals surface area (Å²) in [6.07, 6.45) is 2.71. The van der Waals surface area contributed by atoms with Crippen molar-refractivity contribution in [1.82, 2.24) is 24.8 Å². The average molecular weight is 331 g/mol. The van der Waals surface area contributed by atoms with E-state index in [0.717, 1.165) is 43.0 Å². The SMILES string of the molecule is COCc1c(C(=O)N2[C@@H]3CC[C@H]2Cc2nnc(C)n2C3)noc1C. The number of aromatic nitrogens is 4. The van der Waals surface area contributed by atoms with E-state index in [-0.39, 0.29) is 18.0 Å². The molecule has 2 atom stereocenters. The molecule has 0 aliphatic carbocycles. The summed E-state index contributed by atoms with van der Waals surface area (Å²) in [4.78, 5) is 15.2. The van der Waals surface area contributed by atoms with Gasteiger partial charge in [-0.3, -0.25) is 4.79 Å². The first-order valence-electron chi connectivity index (χ1n) is 8.25. The maximum absolute atomic E-state index is 13.2. The molecule has 0 aromatic carbocycles. The largest absolute Gasteiger partial charge is 0.380 e. The molecule has 2 aliphatic heterocycles. The molecule has 2 aliphatic rings. The van der Waals surface area contributed by atoms with Gasteiger partial charge in [0.15, 0.2) is 5.69 Å². The Hall–Kier alpha value is -2.22. The second-order valence-electron chi connectivity index (χ2n) is 6.57. The van der Waals surface area contributed by atoms with Crippen LogP contribution in [0, 0.1) is 13.8 Å². The normalized spacial score (nSPS) is 22.5. The van der Waals surface area contributed by atoms with Gasteiger partial charge in [-0.15, -0.1) is 10.2 Å². The van der Waals surface area contributed by atoms with E-state index in [1.54, 1.807) is 14.0 Å². The first-order chi connectivity index (χ1) is 11.6. The number of fused-ring (bicyclic) bond motifs is 3. The Morgan fingerprint density at radius 1 is 1.29 bits per heavy atom. The van der Waals surface area contributed by atoms with Gasteiger partial charge in [-0.2, -0.15) is 0 Å². The minimum absolute atomic E-state index is 0.0669. The van der Waals surface area contributed by atoms with Crippen LogP contribution in [-0.2, 0) is 24.3 Å². The summed E-state index contributed by atoms with van der Waals surface area (Å²) in [5, 5.41) is 12.5. The Kier molecular flexibility index (Phi) is 3.64. The van der Waals surface area contributed by atoms with Crippen LogP contribution in [0.4, 0.5) is 0 Å². The summed E-state index contributed by atoms with van der Waals surface area (Å²) in [7, 11) is 1.60. The molecule has 0 unspecified atom stereocenters. The van der Waals surface area contributed by atoms with Gasteiger partial charge in [0.1, 0.15) is 17.4 Å². The quantitative estimate of drug-likeness (QED) is 0.841. The Morgan fingerprint density at radius 2 is 2.08 bits per heavy atom. The van der Waals surface area contributed by atoms with E-state index < -0.39 is 0 Å². The van der Waals surface area contributed by atoms with Crippen LogP contribution in [0.1, 0.15) is 46.3 Å². The molecule has 1 saturated heterocycles. The van der Waals surface area contributed by atoms with E-state index in [1.165, 1.54) is 0 Å². The average Bonchev–Trinajstić information content (AvgIpc) is 3.17. The summed E-state index contributed by atoms with van der Waals surface area (Å²) in [5.74, 6) is 2.44. The highest BCUT2D eigenvalue weighted by Gasteiger charge is 2.42. The Labute approximate surface area is 139 Å². The number of methoxy groups -OCH3 is 1. The van der Waals surface area contributed by atoms with E-state index in [4.69, 9.17) is 9.26 Å². The van der Waals surface area contributed by atoms with Gasteiger partial charge in [-0.05, 0) is 26.7 Å². The van der Waals surface area contributed by atoms with Crippen LogP contribution < -0.4 is 0 Å². The van der Waals surface area contributed by atoms with Crippen LogP contribution in [0.5, 0.6) is 0 Å². The third-order valence-corrected chi connectivity index (χ3v) is 5.15. The Morgan fingerprint density at radius 3 is 2.88 bits per heavy atom. The summed E-state index contributed by atoms with van der Waals surface area (Å²) in [5.41, 5.74) is 1.11. The van der Waals surface area contributed by atoms with Crippen molar-refractivity contribution in [2.24, 2.45) is 0 Å². The number of hydrogen-bond acceptors (Lipinski definition) is 6. The first-order valence-corrected chi connectivity index (χ1v) is 8.25. The van der Waals surface area contributed by atoms with Gasteiger partial charge in [-0.1, -0.05) is 5.16 Å². The molecule has 4 rings (SSSR count). The molecule has 24 heavy (non-hydrogen) atoms. The molecule has 128 valence electrons. The van der Waals surface area contributed by atoms with E-state index in [0.29, 0.717) is 18.1 Å². The van der Waals surface area contributed by atoms with Gasteiger partial charge in [0.25, 0.3) is 5.91 Å². The van der Waals surface area contributed by atoms with Crippen molar-refractivity contribution < 1.29 is 14.1 Å². The van der Waals surface area contributed by atoms with Gasteiger partial charge in [0, 0.05) is 26.1 Å². The maximum atomic E-state index is 13.2. The molecule has 4 heterocycles. The number of aryl methyl sites for hydroxylation is 2. The molecule has 0 N–H and O–H groups in total. The molecule has 0 saturated carbocycles. The van der Waals surface area contributed by atoms with Gasteiger partial charge in [-0.25, -0.2) is 0 Å². The van der Waals surface area contributed by atoms with E-state index in [1.807, 2.05) is 11.8 Å². The van der Waals surface area contributed by atoms with E-state index in [2.05, 4.69) is 19.9 Å². The second kappa shape index (κ2) is 5.70. The predicted octanol–water partition coefficient (Wildman–Crippen LogP) is 1.26. The van der Waals surface area contributed by atoms with Crippen LogP contribution in [0.3, 0.4) is 0 Å². The minimum Gasteiger partial charge on any atom is -0.380 e. The maximum Gasteiger partial charge on any atom is 0.277 e. The lowest BCUT2D eigenvalue weighted by Crippen LogP contribution is -2.42. The molecule has 0 spiro atoms. The van der Waals surface area contributed by atoms with Crippen molar-refractivity contribution in [1.29, 1.82) is 0 Å². The minimum atomic E-state index is -0.0669.